The first-order valence-electron chi connectivity index (χ1n) is 5.52. The second-order valence-electron chi connectivity index (χ2n) is 4.06. The number of nitrogens with two attached hydrogens (primary N) is 1. The summed E-state index contributed by atoms with van der Waals surface area (Å²) in [7, 11) is 0. The topological polar surface area (TPSA) is 63.4 Å². The van der Waals surface area contributed by atoms with Gasteiger partial charge in [-0.05, 0) is 12.1 Å². The fourth-order valence-electron chi connectivity index (χ4n) is 2.14. The van der Waals surface area contributed by atoms with Crippen molar-refractivity contribution in [3.8, 4) is 0 Å². The summed E-state index contributed by atoms with van der Waals surface area (Å²) >= 11 is 0. The van der Waals surface area contributed by atoms with Crippen molar-refractivity contribution < 1.29 is 9.59 Å². The minimum atomic E-state index is -0.324. The van der Waals surface area contributed by atoms with Crippen molar-refractivity contribution in [1.82, 2.24) is 0 Å². The molecule has 2 amide bonds. The van der Waals surface area contributed by atoms with E-state index in [0.29, 0.717) is 11.4 Å². The molecule has 0 aliphatic carbocycles. The molecule has 0 bridgehead atoms. The molecule has 4 nitrogen and oxygen atoms in total. The zero-order valence-corrected chi connectivity index (χ0v) is 9.46. The minimum absolute atomic E-state index is 0.324. The summed E-state index contributed by atoms with van der Waals surface area (Å²) in [5, 5.41) is 1.63. The maximum atomic E-state index is 11.7. The Labute approximate surface area is 103 Å². The van der Waals surface area contributed by atoms with Crippen molar-refractivity contribution in [2.75, 3.05) is 10.6 Å². The summed E-state index contributed by atoms with van der Waals surface area (Å²) in [6, 6.07) is 10.8. The van der Waals surface area contributed by atoms with Crippen LogP contribution in [0.25, 0.3) is 10.8 Å². The summed E-state index contributed by atoms with van der Waals surface area (Å²) in [4.78, 5) is 24.6. The highest BCUT2D eigenvalue weighted by Crippen LogP contribution is 2.32. The first kappa shape index (κ1) is 10.5. The average Bonchev–Trinajstić information content (AvgIpc) is 2.71. The first-order valence-corrected chi connectivity index (χ1v) is 5.52. The largest absolute Gasteiger partial charge is 0.398 e. The number of fused-ring (bicyclic) bond motifs is 1. The van der Waals surface area contributed by atoms with E-state index < -0.39 is 0 Å². The van der Waals surface area contributed by atoms with E-state index >= 15 is 0 Å². The number of imide groups is 1. The lowest BCUT2D eigenvalue weighted by atomic mass is 10.1. The maximum Gasteiger partial charge on any atom is 0.258 e. The number of rotatable bonds is 1. The molecule has 4 heteroatoms. The van der Waals surface area contributed by atoms with Crippen LogP contribution < -0.4 is 10.6 Å². The molecule has 0 spiro atoms. The zero-order valence-electron chi connectivity index (χ0n) is 9.46. The van der Waals surface area contributed by atoms with Crippen molar-refractivity contribution >= 4 is 34.0 Å². The molecule has 0 atom stereocenters. The number of amides is 2. The normalized spacial score (nSPS) is 14.8. The van der Waals surface area contributed by atoms with Crippen molar-refractivity contribution in [2.24, 2.45) is 0 Å². The average molecular weight is 238 g/mol. The molecule has 88 valence electrons. The molecule has 1 aliphatic heterocycles. The van der Waals surface area contributed by atoms with Crippen LogP contribution in [-0.2, 0) is 9.59 Å². The van der Waals surface area contributed by atoms with E-state index in [0.717, 1.165) is 15.7 Å². The standard InChI is InChI=1S/C14H10N2O2/c15-11-5-6-12(10-4-2-1-3-9(10)11)16-13(17)7-8-14(16)18/h1-8H,15H2. The fourth-order valence-corrected chi connectivity index (χ4v) is 2.14. The van der Waals surface area contributed by atoms with Gasteiger partial charge in [0.1, 0.15) is 0 Å². The lowest BCUT2D eigenvalue weighted by Crippen LogP contribution is -2.29. The van der Waals surface area contributed by atoms with Gasteiger partial charge in [0.05, 0.1) is 5.69 Å². The smallest absolute Gasteiger partial charge is 0.258 e. The molecule has 3 rings (SSSR count). The lowest BCUT2D eigenvalue weighted by Gasteiger charge is -2.17. The van der Waals surface area contributed by atoms with Gasteiger partial charge in [-0.3, -0.25) is 9.59 Å². The predicted molar refractivity (Wildman–Crippen MR) is 70.0 cm³/mol. The second kappa shape index (κ2) is 3.70. The molecule has 1 heterocycles. The molecule has 18 heavy (non-hydrogen) atoms. The molecule has 2 aromatic carbocycles. The molecule has 0 saturated heterocycles. The Morgan fingerprint density at radius 3 is 2.11 bits per heavy atom. The Morgan fingerprint density at radius 1 is 0.833 bits per heavy atom. The van der Waals surface area contributed by atoms with Crippen molar-refractivity contribution in [3.05, 3.63) is 48.6 Å². The minimum Gasteiger partial charge on any atom is -0.398 e. The van der Waals surface area contributed by atoms with Gasteiger partial charge in [0.25, 0.3) is 11.8 Å². The third-order valence-electron chi connectivity index (χ3n) is 2.98. The Hall–Kier alpha value is -2.62. The Kier molecular flexibility index (Phi) is 2.16. The van der Waals surface area contributed by atoms with Gasteiger partial charge in [-0.1, -0.05) is 24.3 Å². The molecule has 1 aliphatic rings. The van der Waals surface area contributed by atoms with E-state index in [1.807, 2.05) is 24.3 Å². The van der Waals surface area contributed by atoms with Crippen LogP contribution in [-0.4, -0.2) is 11.8 Å². The fraction of sp³-hybridized carbons (Fsp3) is 0. The van der Waals surface area contributed by atoms with Gasteiger partial charge in [-0.25, -0.2) is 4.90 Å². The van der Waals surface area contributed by atoms with Gasteiger partial charge in [0.15, 0.2) is 0 Å². The number of nitrogens with zero attached hydrogens (tertiary/aromatic N) is 1. The van der Waals surface area contributed by atoms with Crippen molar-refractivity contribution in [3.63, 3.8) is 0 Å². The van der Waals surface area contributed by atoms with Gasteiger partial charge in [-0.2, -0.15) is 0 Å². The summed E-state index contributed by atoms with van der Waals surface area (Å²) in [6.45, 7) is 0. The lowest BCUT2D eigenvalue weighted by molar-refractivity contribution is -0.119. The van der Waals surface area contributed by atoms with Crippen LogP contribution in [0.15, 0.2) is 48.6 Å². The van der Waals surface area contributed by atoms with Crippen LogP contribution in [0.1, 0.15) is 0 Å². The van der Waals surface area contributed by atoms with Gasteiger partial charge in [-0.15, -0.1) is 0 Å². The van der Waals surface area contributed by atoms with E-state index in [-0.39, 0.29) is 11.8 Å². The highest BCUT2D eigenvalue weighted by Gasteiger charge is 2.26. The number of hydrogen-bond donors (Lipinski definition) is 1. The summed E-state index contributed by atoms with van der Waals surface area (Å²) in [6.07, 6.45) is 2.54. The van der Waals surface area contributed by atoms with E-state index in [1.165, 1.54) is 12.2 Å². The quantitative estimate of drug-likeness (QED) is 0.609. The molecule has 2 aromatic rings. The number of nitrogen functional groups attached to an aromatic ring is 1. The monoisotopic (exact) mass is 238 g/mol. The van der Waals surface area contributed by atoms with E-state index in [2.05, 4.69) is 0 Å². The summed E-state index contributed by atoms with van der Waals surface area (Å²) < 4.78 is 0. The summed E-state index contributed by atoms with van der Waals surface area (Å²) in [5.74, 6) is -0.648. The van der Waals surface area contributed by atoms with Gasteiger partial charge in [0.2, 0.25) is 0 Å². The van der Waals surface area contributed by atoms with Crippen LogP contribution in [0.2, 0.25) is 0 Å². The highest BCUT2D eigenvalue weighted by molar-refractivity contribution is 6.30. The molecule has 0 saturated carbocycles. The van der Waals surface area contributed by atoms with Crippen LogP contribution in [0, 0.1) is 0 Å². The van der Waals surface area contributed by atoms with Crippen LogP contribution >= 0.6 is 0 Å². The zero-order chi connectivity index (χ0) is 12.7. The van der Waals surface area contributed by atoms with Crippen LogP contribution in [0.3, 0.4) is 0 Å². The van der Waals surface area contributed by atoms with E-state index in [1.54, 1.807) is 12.1 Å². The van der Waals surface area contributed by atoms with Gasteiger partial charge in [0, 0.05) is 28.6 Å². The van der Waals surface area contributed by atoms with Gasteiger partial charge < -0.3 is 5.73 Å². The Morgan fingerprint density at radius 2 is 1.44 bits per heavy atom. The highest BCUT2D eigenvalue weighted by atomic mass is 16.2. The van der Waals surface area contributed by atoms with Crippen LogP contribution in [0.4, 0.5) is 11.4 Å². The van der Waals surface area contributed by atoms with Crippen LogP contribution in [0.5, 0.6) is 0 Å². The number of anilines is 2. The molecular formula is C14H10N2O2. The second-order valence-corrected chi connectivity index (χ2v) is 4.06. The third-order valence-corrected chi connectivity index (χ3v) is 2.98. The number of hydrogen-bond acceptors (Lipinski definition) is 3. The number of carbonyl (C=O) groups is 2. The number of carbonyl (C=O) groups excluding carboxylic acids is 2. The Bertz CT molecular complexity index is 686. The SMILES string of the molecule is Nc1ccc(N2C(=O)C=CC2=O)c2ccccc12. The maximum absolute atomic E-state index is 11.7. The molecule has 0 unspecified atom stereocenters. The van der Waals surface area contributed by atoms with E-state index in [9.17, 15) is 9.59 Å². The van der Waals surface area contributed by atoms with E-state index in [4.69, 9.17) is 5.73 Å². The Balaban J connectivity index is 2.28. The molecule has 2 N–H and O–H groups in total. The molecule has 0 aromatic heterocycles. The first-order chi connectivity index (χ1) is 8.68. The molecular weight excluding hydrogens is 228 g/mol. The van der Waals surface area contributed by atoms with Crippen molar-refractivity contribution in [2.45, 2.75) is 0 Å². The third kappa shape index (κ3) is 1.39. The van der Waals surface area contributed by atoms with Gasteiger partial charge >= 0.3 is 0 Å². The summed E-state index contributed by atoms with van der Waals surface area (Å²) in [5.41, 5.74) is 7.08. The molecule has 0 radical (unpaired) electrons. The van der Waals surface area contributed by atoms with Crippen molar-refractivity contribution in [1.29, 1.82) is 0 Å². The predicted octanol–water partition coefficient (Wildman–Crippen LogP) is 1.85. The number of benzene rings is 2. The molecule has 0 fully saturated rings.